The minimum atomic E-state index is -1.38. The number of fused-ring (bicyclic) bond motifs is 1. The standard InChI is InChI=1S/C10H13FN2O/c1-3-13-8-4-5-10(2,11)9(8)7(6-14)12-13/h6H,3-5H2,1-2H3. The second-order valence-electron chi connectivity index (χ2n) is 3.84. The van der Waals surface area contributed by atoms with E-state index < -0.39 is 5.67 Å². The van der Waals surface area contributed by atoms with E-state index in [1.807, 2.05) is 6.92 Å². The van der Waals surface area contributed by atoms with Gasteiger partial charge in [0, 0.05) is 17.8 Å². The molecule has 1 aliphatic carbocycles. The molecule has 0 aromatic carbocycles. The maximum absolute atomic E-state index is 14.0. The van der Waals surface area contributed by atoms with Crippen molar-refractivity contribution in [2.24, 2.45) is 0 Å². The van der Waals surface area contributed by atoms with Gasteiger partial charge in [0.15, 0.2) is 6.29 Å². The van der Waals surface area contributed by atoms with Crippen molar-refractivity contribution >= 4 is 6.29 Å². The Morgan fingerprint density at radius 2 is 2.43 bits per heavy atom. The molecule has 1 heterocycles. The lowest BCUT2D eigenvalue weighted by Crippen LogP contribution is -2.11. The molecule has 0 saturated heterocycles. The quantitative estimate of drug-likeness (QED) is 0.676. The fraction of sp³-hybridized carbons (Fsp3) is 0.600. The summed E-state index contributed by atoms with van der Waals surface area (Å²) in [6.07, 6.45) is 1.78. The zero-order chi connectivity index (χ0) is 10.3. The van der Waals surface area contributed by atoms with E-state index >= 15 is 0 Å². The van der Waals surface area contributed by atoms with Gasteiger partial charge in [0.05, 0.1) is 0 Å². The predicted octanol–water partition coefficient (Wildman–Crippen LogP) is 1.85. The van der Waals surface area contributed by atoms with Crippen molar-refractivity contribution in [3.63, 3.8) is 0 Å². The van der Waals surface area contributed by atoms with Crippen molar-refractivity contribution in [1.29, 1.82) is 0 Å². The van der Waals surface area contributed by atoms with E-state index in [0.717, 1.165) is 5.69 Å². The van der Waals surface area contributed by atoms with Crippen molar-refractivity contribution < 1.29 is 9.18 Å². The van der Waals surface area contributed by atoms with Gasteiger partial charge in [-0.25, -0.2) is 4.39 Å². The van der Waals surface area contributed by atoms with Crippen LogP contribution in [0.2, 0.25) is 0 Å². The van der Waals surface area contributed by atoms with Crippen molar-refractivity contribution in [2.45, 2.75) is 38.9 Å². The summed E-state index contributed by atoms with van der Waals surface area (Å²) in [4.78, 5) is 10.7. The third kappa shape index (κ3) is 1.10. The highest BCUT2D eigenvalue weighted by Gasteiger charge is 2.40. The number of aryl methyl sites for hydroxylation is 1. The van der Waals surface area contributed by atoms with Crippen LogP contribution in [0.3, 0.4) is 0 Å². The van der Waals surface area contributed by atoms with E-state index in [-0.39, 0.29) is 5.69 Å². The van der Waals surface area contributed by atoms with Crippen LogP contribution < -0.4 is 0 Å². The maximum Gasteiger partial charge on any atom is 0.170 e. The molecule has 0 N–H and O–H groups in total. The second kappa shape index (κ2) is 2.90. The number of aromatic nitrogens is 2. The number of hydrogen-bond donors (Lipinski definition) is 0. The van der Waals surface area contributed by atoms with Gasteiger partial charge in [0.25, 0.3) is 0 Å². The van der Waals surface area contributed by atoms with Gasteiger partial charge in [-0.15, -0.1) is 0 Å². The van der Waals surface area contributed by atoms with E-state index in [2.05, 4.69) is 5.10 Å². The van der Waals surface area contributed by atoms with E-state index in [1.54, 1.807) is 4.68 Å². The molecule has 1 aromatic heterocycles. The van der Waals surface area contributed by atoms with Gasteiger partial charge in [0.2, 0.25) is 0 Å². The summed E-state index contributed by atoms with van der Waals surface area (Å²) in [5.41, 5.74) is 0.289. The largest absolute Gasteiger partial charge is 0.296 e. The monoisotopic (exact) mass is 196 g/mol. The molecule has 0 amide bonds. The molecule has 3 nitrogen and oxygen atoms in total. The summed E-state index contributed by atoms with van der Waals surface area (Å²) in [5.74, 6) is 0. The highest BCUT2D eigenvalue weighted by Crippen LogP contribution is 2.41. The van der Waals surface area contributed by atoms with Crippen LogP contribution in [-0.2, 0) is 18.6 Å². The molecular formula is C10H13FN2O. The average molecular weight is 196 g/mol. The minimum absolute atomic E-state index is 0.268. The molecule has 76 valence electrons. The van der Waals surface area contributed by atoms with E-state index in [4.69, 9.17) is 0 Å². The third-order valence-corrected chi connectivity index (χ3v) is 2.85. The summed E-state index contributed by atoms with van der Waals surface area (Å²) in [6.45, 7) is 4.15. The molecule has 1 aliphatic rings. The van der Waals surface area contributed by atoms with Gasteiger partial charge in [-0.1, -0.05) is 0 Å². The molecule has 2 rings (SSSR count). The SMILES string of the molecule is CCn1nc(C=O)c2c1CCC2(C)F. The molecule has 0 spiro atoms. The first-order chi connectivity index (χ1) is 6.60. The number of nitrogens with zero attached hydrogens (tertiary/aromatic N) is 2. The normalized spacial score (nSPS) is 25.1. The summed E-state index contributed by atoms with van der Waals surface area (Å²) in [5, 5.41) is 4.07. The number of carbonyl (C=O) groups is 1. The first-order valence-corrected chi connectivity index (χ1v) is 4.84. The van der Waals surface area contributed by atoms with Crippen LogP contribution in [0, 0.1) is 0 Å². The zero-order valence-corrected chi connectivity index (χ0v) is 8.38. The van der Waals surface area contributed by atoms with Crippen LogP contribution in [0.1, 0.15) is 42.0 Å². The van der Waals surface area contributed by atoms with Gasteiger partial charge in [-0.2, -0.15) is 5.10 Å². The van der Waals surface area contributed by atoms with Crippen molar-refractivity contribution in [1.82, 2.24) is 9.78 Å². The van der Waals surface area contributed by atoms with E-state index in [0.29, 0.717) is 31.2 Å². The number of halogens is 1. The maximum atomic E-state index is 14.0. The Labute approximate surface area is 81.9 Å². The van der Waals surface area contributed by atoms with Gasteiger partial charge in [0.1, 0.15) is 11.4 Å². The molecule has 0 fully saturated rings. The molecule has 1 unspecified atom stereocenters. The molecule has 1 aromatic rings. The number of carbonyl (C=O) groups excluding carboxylic acids is 1. The molecule has 0 bridgehead atoms. The number of hydrogen-bond acceptors (Lipinski definition) is 2. The van der Waals surface area contributed by atoms with Crippen molar-refractivity contribution in [3.05, 3.63) is 17.0 Å². The minimum Gasteiger partial charge on any atom is -0.296 e. The first-order valence-electron chi connectivity index (χ1n) is 4.84. The van der Waals surface area contributed by atoms with Crippen LogP contribution in [-0.4, -0.2) is 16.1 Å². The lowest BCUT2D eigenvalue weighted by atomic mass is 10.0. The number of aldehydes is 1. The third-order valence-electron chi connectivity index (χ3n) is 2.85. The Kier molecular flexibility index (Phi) is 1.94. The Morgan fingerprint density at radius 1 is 1.71 bits per heavy atom. The molecular weight excluding hydrogens is 183 g/mol. The van der Waals surface area contributed by atoms with Crippen LogP contribution in [0.25, 0.3) is 0 Å². The van der Waals surface area contributed by atoms with Gasteiger partial charge in [-0.05, 0) is 26.7 Å². The van der Waals surface area contributed by atoms with Crippen LogP contribution >= 0.6 is 0 Å². The van der Waals surface area contributed by atoms with Gasteiger partial charge in [-0.3, -0.25) is 9.48 Å². The molecule has 14 heavy (non-hydrogen) atoms. The highest BCUT2D eigenvalue weighted by molar-refractivity contribution is 5.76. The van der Waals surface area contributed by atoms with Crippen molar-refractivity contribution in [2.75, 3.05) is 0 Å². The van der Waals surface area contributed by atoms with Gasteiger partial charge >= 0.3 is 0 Å². The van der Waals surface area contributed by atoms with E-state index in [1.165, 1.54) is 6.92 Å². The highest BCUT2D eigenvalue weighted by atomic mass is 19.1. The molecule has 0 radical (unpaired) electrons. The summed E-state index contributed by atoms with van der Waals surface area (Å²) in [7, 11) is 0. The summed E-state index contributed by atoms with van der Waals surface area (Å²) >= 11 is 0. The summed E-state index contributed by atoms with van der Waals surface area (Å²) in [6, 6.07) is 0. The lowest BCUT2D eigenvalue weighted by molar-refractivity contribution is 0.111. The lowest BCUT2D eigenvalue weighted by Gasteiger charge is -2.11. The Bertz CT molecular complexity index is 382. The fourth-order valence-electron chi connectivity index (χ4n) is 2.16. The average Bonchev–Trinajstić information content (AvgIpc) is 2.65. The smallest absolute Gasteiger partial charge is 0.170 e. The van der Waals surface area contributed by atoms with Crippen molar-refractivity contribution in [3.8, 4) is 0 Å². The number of alkyl halides is 1. The summed E-state index contributed by atoms with van der Waals surface area (Å²) < 4.78 is 15.7. The van der Waals surface area contributed by atoms with Crippen LogP contribution in [0.15, 0.2) is 0 Å². The Morgan fingerprint density at radius 3 is 3.00 bits per heavy atom. The van der Waals surface area contributed by atoms with Gasteiger partial charge < -0.3 is 0 Å². The second-order valence-corrected chi connectivity index (χ2v) is 3.84. The molecule has 1 atom stereocenters. The van der Waals surface area contributed by atoms with Crippen LogP contribution in [0.4, 0.5) is 4.39 Å². The number of rotatable bonds is 2. The Balaban J connectivity index is 2.63. The molecule has 4 heteroatoms. The van der Waals surface area contributed by atoms with Crippen LogP contribution in [0.5, 0.6) is 0 Å². The molecule has 0 aliphatic heterocycles. The Hall–Kier alpha value is -1.19. The zero-order valence-electron chi connectivity index (χ0n) is 8.38. The van der Waals surface area contributed by atoms with E-state index in [9.17, 15) is 9.18 Å². The topological polar surface area (TPSA) is 34.9 Å². The fourth-order valence-corrected chi connectivity index (χ4v) is 2.16. The first kappa shape index (κ1) is 9.37. The predicted molar refractivity (Wildman–Crippen MR) is 50.1 cm³/mol. The molecule has 0 saturated carbocycles.